The van der Waals surface area contributed by atoms with Crippen LogP contribution >= 0.6 is 34.7 Å². The Labute approximate surface area is 141 Å². The topological polar surface area (TPSA) is 64.1 Å². The fourth-order valence-electron chi connectivity index (χ4n) is 2.04. The molecule has 1 aliphatic rings. The van der Waals surface area contributed by atoms with Crippen LogP contribution in [-0.4, -0.2) is 28.8 Å². The van der Waals surface area contributed by atoms with Crippen molar-refractivity contribution in [2.24, 2.45) is 0 Å². The Balaban J connectivity index is 1.55. The summed E-state index contributed by atoms with van der Waals surface area (Å²) in [5.74, 6) is 0.574. The Morgan fingerprint density at radius 1 is 1.45 bits per heavy atom. The van der Waals surface area contributed by atoms with Crippen molar-refractivity contribution in [1.29, 1.82) is 0 Å². The number of rotatable bonds is 5. The van der Waals surface area contributed by atoms with E-state index in [1.807, 2.05) is 24.3 Å². The van der Waals surface area contributed by atoms with Gasteiger partial charge in [0, 0.05) is 17.4 Å². The van der Waals surface area contributed by atoms with Gasteiger partial charge in [-0.2, -0.15) is 0 Å². The molecule has 0 bridgehead atoms. The molecule has 1 aromatic carbocycles. The molecule has 1 amide bonds. The molecule has 0 aliphatic carbocycles. The van der Waals surface area contributed by atoms with Gasteiger partial charge in [0.1, 0.15) is 6.10 Å². The number of halogens is 1. The minimum absolute atomic E-state index is 0.142. The molecule has 1 fully saturated rings. The van der Waals surface area contributed by atoms with E-state index < -0.39 is 0 Å². The molecular weight excluding hydrogens is 342 g/mol. The van der Waals surface area contributed by atoms with Crippen molar-refractivity contribution < 1.29 is 9.53 Å². The lowest BCUT2D eigenvalue weighted by Crippen LogP contribution is -2.26. The van der Waals surface area contributed by atoms with Crippen LogP contribution in [0.5, 0.6) is 0 Å². The molecule has 0 spiro atoms. The Morgan fingerprint density at radius 3 is 3.09 bits per heavy atom. The first-order chi connectivity index (χ1) is 10.7. The number of nitrogens with one attached hydrogen (secondary N) is 1. The maximum absolute atomic E-state index is 11.9. The normalized spacial score (nSPS) is 17.6. The molecule has 116 valence electrons. The molecule has 0 unspecified atom stereocenters. The van der Waals surface area contributed by atoms with Crippen molar-refractivity contribution in [3.05, 3.63) is 34.9 Å². The number of ether oxygens (including phenoxy) is 1. The SMILES string of the molecule is O=C(Nc1nnc(SCc2ccccc2Cl)s1)[C@H]1CCCO1. The largest absolute Gasteiger partial charge is 0.368 e. The molecule has 22 heavy (non-hydrogen) atoms. The minimum Gasteiger partial charge on any atom is -0.368 e. The van der Waals surface area contributed by atoms with Gasteiger partial charge in [0.15, 0.2) is 4.34 Å². The molecule has 1 atom stereocenters. The van der Waals surface area contributed by atoms with Crippen molar-refractivity contribution in [2.75, 3.05) is 11.9 Å². The standard InChI is InChI=1S/C14H14ClN3O2S2/c15-10-5-2-1-4-9(10)8-21-14-18-17-13(22-14)16-12(19)11-6-3-7-20-11/h1-2,4-5,11H,3,6-8H2,(H,16,17,19)/t11-/m1/s1. The molecule has 0 radical (unpaired) electrons. The summed E-state index contributed by atoms with van der Waals surface area (Å²) in [5.41, 5.74) is 1.05. The number of thioether (sulfide) groups is 1. The van der Waals surface area contributed by atoms with E-state index in [0.717, 1.165) is 27.8 Å². The molecule has 0 saturated carbocycles. The molecule has 1 N–H and O–H groups in total. The van der Waals surface area contributed by atoms with Gasteiger partial charge in [0.2, 0.25) is 5.13 Å². The molecule has 8 heteroatoms. The first kappa shape index (κ1) is 15.7. The summed E-state index contributed by atoms with van der Waals surface area (Å²) < 4.78 is 6.13. The number of anilines is 1. The van der Waals surface area contributed by atoms with Crippen LogP contribution < -0.4 is 5.32 Å². The van der Waals surface area contributed by atoms with Crippen LogP contribution in [0.4, 0.5) is 5.13 Å². The molecule has 1 aliphatic heterocycles. The van der Waals surface area contributed by atoms with Gasteiger partial charge in [0.25, 0.3) is 5.91 Å². The van der Waals surface area contributed by atoms with Crippen molar-refractivity contribution in [3.63, 3.8) is 0 Å². The van der Waals surface area contributed by atoms with Gasteiger partial charge in [-0.25, -0.2) is 0 Å². The van der Waals surface area contributed by atoms with E-state index in [2.05, 4.69) is 15.5 Å². The Bertz CT molecular complexity index is 659. The smallest absolute Gasteiger partial charge is 0.255 e. The molecule has 3 rings (SSSR count). The molecule has 2 heterocycles. The summed E-state index contributed by atoms with van der Waals surface area (Å²) in [7, 11) is 0. The van der Waals surface area contributed by atoms with E-state index in [1.165, 1.54) is 11.3 Å². The van der Waals surface area contributed by atoms with E-state index in [-0.39, 0.29) is 12.0 Å². The lowest BCUT2D eigenvalue weighted by atomic mass is 10.2. The molecule has 1 saturated heterocycles. The number of nitrogens with zero attached hydrogens (tertiary/aromatic N) is 2. The van der Waals surface area contributed by atoms with Crippen LogP contribution in [0.1, 0.15) is 18.4 Å². The minimum atomic E-state index is -0.358. The zero-order valence-corrected chi connectivity index (χ0v) is 14.0. The lowest BCUT2D eigenvalue weighted by Gasteiger charge is -2.06. The van der Waals surface area contributed by atoms with Crippen molar-refractivity contribution in [1.82, 2.24) is 10.2 Å². The van der Waals surface area contributed by atoms with E-state index in [9.17, 15) is 4.79 Å². The lowest BCUT2D eigenvalue weighted by molar-refractivity contribution is -0.124. The number of benzene rings is 1. The fraction of sp³-hybridized carbons (Fsp3) is 0.357. The number of aromatic nitrogens is 2. The highest BCUT2D eigenvalue weighted by Gasteiger charge is 2.24. The van der Waals surface area contributed by atoms with E-state index in [4.69, 9.17) is 16.3 Å². The Hall–Kier alpha value is -1.15. The van der Waals surface area contributed by atoms with E-state index in [1.54, 1.807) is 11.8 Å². The first-order valence-corrected chi connectivity index (χ1v) is 9.02. The quantitative estimate of drug-likeness (QED) is 0.655. The maximum Gasteiger partial charge on any atom is 0.255 e. The summed E-state index contributed by atoms with van der Waals surface area (Å²) in [5, 5.41) is 12.1. The van der Waals surface area contributed by atoms with Crippen LogP contribution in [-0.2, 0) is 15.3 Å². The second-order valence-corrected chi connectivity index (χ2v) is 7.35. The Kier molecular flexibility index (Phi) is 5.30. The van der Waals surface area contributed by atoms with E-state index >= 15 is 0 Å². The third kappa shape index (κ3) is 3.98. The van der Waals surface area contributed by atoms with Gasteiger partial charge in [-0.1, -0.05) is 52.9 Å². The molecule has 5 nitrogen and oxygen atoms in total. The van der Waals surface area contributed by atoms with Crippen molar-refractivity contribution in [3.8, 4) is 0 Å². The summed E-state index contributed by atoms with van der Waals surface area (Å²) in [6.07, 6.45) is 1.33. The number of carbonyl (C=O) groups excluding carboxylic acids is 1. The van der Waals surface area contributed by atoms with E-state index in [0.29, 0.717) is 17.5 Å². The van der Waals surface area contributed by atoms with Gasteiger partial charge in [-0.15, -0.1) is 10.2 Å². The highest BCUT2D eigenvalue weighted by Crippen LogP contribution is 2.30. The Morgan fingerprint density at radius 2 is 2.32 bits per heavy atom. The van der Waals surface area contributed by atoms with Crippen LogP contribution in [0, 0.1) is 0 Å². The number of carbonyl (C=O) groups is 1. The second kappa shape index (κ2) is 7.41. The number of hydrogen-bond acceptors (Lipinski definition) is 6. The molecule has 1 aromatic heterocycles. The summed E-state index contributed by atoms with van der Waals surface area (Å²) in [4.78, 5) is 11.9. The number of hydrogen-bond donors (Lipinski definition) is 1. The number of amides is 1. The van der Waals surface area contributed by atoms with Gasteiger partial charge in [0.05, 0.1) is 0 Å². The van der Waals surface area contributed by atoms with Crippen molar-refractivity contribution in [2.45, 2.75) is 29.0 Å². The molecular formula is C14H14ClN3O2S2. The van der Waals surface area contributed by atoms with Crippen LogP contribution in [0.25, 0.3) is 0 Å². The van der Waals surface area contributed by atoms with Crippen LogP contribution in [0.15, 0.2) is 28.6 Å². The molecule has 2 aromatic rings. The van der Waals surface area contributed by atoms with Crippen LogP contribution in [0.2, 0.25) is 5.02 Å². The predicted octanol–water partition coefficient (Wildman–Crippen LogP) is 3.60. The first-order valence-electron chi connectivity index (χ1n) is 6.84. The third-order valence-electron chi connectivity index (χ3n) is 3.17. The maximum atomic E-state index is 11.9. The highest BCUT2D eigenvalue weighted by atomic mass is 35.5. The average Bonchev–Trinajstić information content (AvgIpc) is 3.18. The monoisotopic (exact) mass is 355 g/mol. The average molecular weight is 356 g/mol. The van der Waals surface area contributed by atoms with Crippen LogP contribution in [0.3, 0.4) is 0 Å². The zero-order valence-electron chi connectivity index (χ0n) is 11.6. The predicted molar refractivity (Wildman–Crippen MR) is 88.5 cm³/mol. The fourth-order valence-corrected chi connectivity index (χ4v) is 4.08. The van der Waals surface area contributed by atoms with Gasteiger partial charge >= 0.3 is 0 Å². The van der Waals surface area contributed by atoms with Gasteiger partial charge in [-0.3, -0.25) is 10.1 Å². The second-order valence-electron chi connectivity index (χ2n) is 4.74. The highest BCUT2D eigenvalue weighted by molar-refractivity contribution is 8.00. The van der Waals surface area contributed by atoms with Crippen molar-refractivity contribution >= 4 is 45.7 Å². The third-order valence-corrected chi connectivity index (χ3v) is 5.56. The summed E-state index contributed by atoms with van der Waals surface area (Å²) >= 11 is 9.02. The van der Waals surface area contributed by atoms with Gasteiger partial charge in [-0.05, 0) is 24.5 Å². The van der Waals surface area contributed by atoms with Gasteiger partial charge < -0.3 is 4.74 Å². The summed E-state index contributed by atoms with van der Waals surface area (Å²) in [6.45, 7) is 0.646. The zero-order chi connectivity index (χ0) is 15.4. The summed E-state index contributed by atoms with van der Waals surface area (Å²) in [6, 6.07) is 7.70.